The molecule has 0 radical (unpaired) electrons. The van der Waals surface area contributed by atoms with Gasteiger partial charge in [0.05, 0.1) is 12.7 Å². The molecule has 1 aromatic heterocycles. The van der Waals surface area contributed by atoms with Gasteiger partial charge in [-0.25, -0.2) is 9.78 Å². The highest BCUT2D eigenvalue weighted by Gasteiger charge is 2.05. The standard InChI is InChI=1S/C13H13NO3S/c1-9-8-18-12(14-9)7-17-11-5-3-10(4-6-11)13(15)16-2/h3-6,8H,7H2,1-2H3. The first-order valence-electron chi connectivity index (χ1n) is 5.41. The highest BCUT2D eigenvalue weighted by molar-refractivity contribution is 7.09. The summed E-state index contributed by atoms with van der Waals surface area (Å²) in [5.41, 5.74) is 1.51. The van der Waals surface area contributed by atoms with Gasteiger partial charge in [0.1, 0.15) is 17.4 Å². The van der Waals surface area contributed by atoms with E-state index in [1.165, 1.54) is 7.11 Å². The molecule has 0 aliphatic rings. The first-order valence-corrected chi connectivity index (χ1v) is 6.29. The minimum atomic E-state index is -0.350. The van der Waals surface area contributed by atoms with E-state index in [9.17, 15) is 4.79 Å². The van der Waals surface area contributed by atoms with Crippen LogP contribution in [0.3, 0.4) is 0 Å². The number of ether oxygens (including phenoxy) is 2. The molecule has 4 nitrogen and oxygen atoms in total. The predicted molar refractivity (Wildman–Crippen MR) is 69.0 cm³/mol. The first kappa shape index (κ1) is 12.6. The average molecular weight is 263 g/mol. The molecule has 0 spiro atoms. The van der Waals surface area contributed by atoms with Crippen molar-refractivity contribution in [3.05, 3.63) is 45.9 Å². The highest BCUT2D eigenvalue weighted by Crippen LogP contribution is 2.16. The SMILES string of the molecule is COC(=O)c1ccc(OCc2nc(C)cs2)cc1. The topological polar surface area (TPSA) is 48.4 Å². The molecule has 1 heterocycles. The maximum absolute atomic E-state index is 11.2. The van der Waals surface area contributed by atoms with Gasteiger partial charge in [-0.1, -0.05) is 0 Å². The largest absolute Gasteiger partial charge is 0.486 e. The lowest BCUT2D eigenvalue weighted by Gasteiger charge is -2.04. The number of benzene rings is 1. The van der Waals surface area contributed by atoms with Crippen molar-refractivity contribution in [2.75, 3.05) is 7.11 Å². The van der Waals surface area contributed by atoms with E-state index < -0.39 is 0 Å². The van der Waals surface area contributed by atoms with Crippen LogP contribution in [0.5, 0.6) is 5.75 Å². The van der Waals surface area contributed by atoms with E-state index in [0.717, 1.165) is 10.7 Å². The molecule has 18 heavy (non-hydrogen) atoms. The van der Waals surface area contributed by atoms with E-state index in [2.05, 4.69) is 9.72 Å². The third kappa shape index (κ3) is 3.07. The van der Waals surface area contributed by atoms with Gasteiger partial charge in [0, 0.05) is 11.1 Å². The lowest BCUT2D eigenvalue weighted by Crippen LogP contribution is -2.01. The zero-order chi connectivity index (χ0) is 13.0. The zero-order valence-electron chi connectivity index (χ0n) is 10.2. The quantitative estimate of drug-likeness (QED) is 0.796. The van der Waals surface area contributed by atoms with Crippen molar-refractivity contribution >= 4 is 17.3 Å². The molecule has 0 saturated carbocycles. The first-order chi connectivity index (χ1) is 8.69. The van der Waals surface area contributed by atoms with Gasteiger partial charge >= 0.3 is 5.97 Å². The summed E-state index contributed by atoms with van der Waals surface area (Å²) in [6.45, 7) is 2.39. The lowest BCUT2D eigenvalue weighted by molar-refractivity contribution is 0.0600. The van der Waals surface area contributed by atoms with Crippen LogP contribution in [-0.2, 0) is 11.3 Å². The predicted octanol–water partition coefficient (Wildman–Crippen LogP) is 2.82. The second kappa shape index (κ2) is 5.64. The number of rotatable bonds is 4. The summed E-state index contributed by atoms with van der Waals surface area (Å²) < 4.78 is 10.2. The normalized spacial score (nSPS) is 10.1. The van der Waals surface area contributed by atoms with Crippen LogP contribution >= 0.6 is 11.3 Å². The van der Waals surface area contributed by atoms with Crippen LogP contribution in [0.1, 0.15) is 21.1 Å². The Hall–Kier alpha value is -1.88. The number of aromatic nitrogens is 1. The molecule has 5 heteroatoms. The second-order valence-electron chi connectivity index (χ2n) is 3.69. The molecule has 0 bridgehead atoms. The van der Waals surface area contributed by atoms with Crippen molar-refractivity contribution in [3.63, 3.8) is 0 Å². The molecular weight excluding hydrogens is 250 g/mol. The summed E-state index contributed by atoms with van der Waals surface area (Å²) in [4.78, 5) is 15.5. The van der Waals surface area contributed by atoms with Crippen molar-refractivity contribution in [1.29, 1.82) is 0 Å². The van der Waals surface area contributed by atoms with Crippen molar-refractivity contribution in [2.24, 2.45) is 0 Å². The molecule has 0 atom stereocenters. The molecule has 2 aromatic rings. The fourth-order valence-corrected chi connectivity index (χ4v) is 2.10. The van der Waals surface area contributed by atoms with Gasteiger partial charge in [-0.05, 0) is 31.2 Å². The Labute approximate surface area is 109 Å². The van der Waals surface area contributed by atoms with Crippen molar-refractivity contribution in [3.8, 4) is 5.75 Å². The lowest BCUT2D eigenvalue weighted by atomic mass is 10.2. The molecular formula is C13H13NO3S. The molecule has 0 aliphatic heterocycles. The molecule has 0 unspecified atom stereocenters. The molecule has 0 N–H and O–H groups in total. The molecule has 0 saturated heterocycles. The van der Waals surface area contributed by atoms with Crippen LogP contribution in [0.15, 0.2) is 29.6 Å². The van der Waals surface area contributed by atoms with Crippen molar-refractivity contribution < 1.29 is 14.3 Å². The molecule has 94 valence electrons. The maximum atomic E-state index is 11.2. The van der Waals surface area contributed by atoms with Gasteiger partial charge in [0.25, 0.3) is 0 Å². The molecule has 0 fully saturated rings. The van der Waals surface area contributed by atoms with Gasteiger partial charge in [0.2, 0.25) is 0 Å². The minimum absolute atomic E-state index is 0.350. The Morgan fingerprint density at radius 3 is 2.61 bits per heavy atom. The van der Waals surface area contributed by atoms with E-state index in [0.29, 0.717) is 17.9 Å². The van der Waals surface area contributed by atoms with Crippen LogP contribution in [0.25, 0.3) is 0 Å². The van der Waals surface area contributed by atoms with Gasteiger partial charge in [-0.3, -0.25) is 0 Å². The summed E-state index contributed by atoms with van der Waals surface area (Å²) in [6.07, 6.45) is 0. The van der Waals surface area contributed by atoms with Crippen LogP contribution in [-0.4, -0.2) is 18.1 Å². The highest BCUT2D eigenvalue weighted by atomic mass is 32.1. The third-order valence-electron chi connectivity index (χ3n) is 2.30. The van der Waals surface area contributed by atoms with E-state index in [1.54, 1.807) is 35.6 Å². The monoisotopic (exact) mass is 263 g/mol. The molecule has 0 amide bonds. The number of aryl methyl sites for hydroxylation is 1. The summed E-state index contributed by atoms with van der Waals surface area (Å²) in [6, 6.07) is 6.84. The van der Waals surface area contributed by atoms with Gasteiger partial charge in [-0.15, -0.1) is 11.3 Å². The van der Waals surface area contributed by atoms with Crippen molar-refractivity contribution in [1.82, 2.24) is 4.98 Å². The Kier molecular flexibility index (Phi) is 3.94. The van der Waals surface area contributed by atoms with Crippen LogP contribution in [0, 0.1) is 6.92 Å². The average Bonchev–Trinajstić information content (AvgIpc) is 2.82. The maximum Gasteiger partial charge on any atom is 0.337 e. The number of hydrogen-bond acceptors (Lipinski definition) is 5. The van der Waals surface area contributed by atoms with Gasteiger partial charge in [-0.2, -0.15) is 0 Å². The Balaban J connectivity index is 1.96. The third-order valence-corrected chi connectivity index (χ3v) is 3.24. The molecule has 1 aromatic carbocycles. The smallest absolute Gasteiger partial charge is 0.337 e. The number of thiazole rings is 1. The second-order valence-corrected chi connectivity index (χ2v) is 4.63. The van der Waals surface area contributed by atoms with E-state index >= 15 is 0 Å². The zero-order valence-corrected chi connectivity index (χ0v) is 11.0. The number of carbonyl (C=O) groups is 1. The summed E-state index contributed by atoms with van der Waals surface area (Å²) >= 11 is 1.57. The fourth-order valence-electron chi connectivity index (χ4n) is 1.42. The summed E-state index contributed by atoms with van der Waals surface area (Å²) in [5, 5.41) is 2.92. The van der Waals surface area contributed by atoms with Gasteiger partial charge < -0.3 is 9.47 Å². The number of methoxy groups -OCH3 is 1. The van der Waals surface area contributed by atoms with E-state index in [-0.39, 0.29) is 5.97 Å². The Bertz CT molecular complexity index is 533. The molecule has 2 rings (SSSR count). The Morgan fingerprint density at radius 2 is 2.06 bits per heavy atom. The molecule has 0 aliphatic carbocycles. The van der Waals surface area contributed by atoms with Crippen molar-refractivity contribution in [2.45, 2.75) is 13.5 Å². The summed E-state index contributed by atoms with van der Waals surface area (Å²) in [7, 11) is 1.36. The van der Waals surface area contributed by atoms with E-state index in [1.807, 2.05) is 12.3 Å². The van der Waals surface area contributed by atoms with Crippen LogP contribution in [0.4, 0.5) is 0 Å². The number of hydrogen-bond donors (Lipinski definition) is 0. The van der Waals surface area contributed by atoms with Crippen LogP contribution < -0.4 is 4.74 Å². The number of esters is 1. The number of nitrogens with zero attached hydrogens (tertiary/aromatic N) is 1. The minimum Gasteiger partial charge on any atom is -0.486 e. The summed E-state index contributed by atoms with van der Waals surface area (Å²) in [5.74, 6) is 0.354. The van der Waals surface area contributed by atoms with E-state index in [4.69, 9.17) is 4.74 Å². The fraction of sp³-hybridized carbons (Fsp3) is 0.231. The van der Waals surface area contributed by atoms with Crippen LogP contribution in [0.2, 0.25) is 0 Å². The van der Waals surface area contributed by atoms with Gasteiger partial charge in [0.15, 0.2) is 0 Å². The number of carbonyl (C=O) groups excluding carboxylic acids is 1. The Morgan fingerprint density at radius 1 is 1.33 bits per heavy atom.